The average molecular weight is 197 g/mol. The first-order valence-corrected chi connectivity index (χ1v) is 5.54. The van der Waals surface area contributed by atoms with Crippen LogP contribution in [0.25, 0.3) is 0 Å². The van der Waals surface area contributed by atoms with E-state index in [2.05, 4.69) is 0 Å². The first-order valence-electron chi connectivity index (χ1n) is 5.54. The van der Waals surface area contributed by atoms with Crippen LogP contribution in [0.5, 0.6) is 0 Å². The molecule has 2 N–H and O–H groups in total. The Morgan fingerprint density at radius 2 is 2.00 bits per heavy atom. The van der Waals surface area contributed by atoms with Gasteiger partial charge in [0.25, 0.3) is 0 Å². The zero-order valence-corrected chi connectivity index (χ0v) is 8.90. The van der Waals surface area contributed by atoms with Crippen LogP contribution in [0, 0.1) is 17.8 Å². The van der Waals surface area contributed by atoms with Gasteiger partial charge in [0.2, 0.25) is 0 Å². The Morgan fingerprint density at radius 3 is 2.43 bits per heavy atom. The Balaban J connectivity index is 1.93. The maximum Gasteiger partial charge on any atom is 0.309 e. The molecule has 14 heavy (non-hydrogen) atoms. The number of fused-ring (bicyclic) bond motifs is 2. The molecule has 3 nitrogen and oxygen atoms in total. The molecule has 4 atom stereocenters. The highest BCUT2D eigenvalue weighted by Crippen LogP contribution is 2.48. The molecule has 0 spiro atoms. The average Bonchev–Trinajstić information content (AvgIpc) is 2.60. The molecule has 0 amide bonds. The summed E-state index contributed by atoms with van der Waals surface area (Å²) in [4.78, 5) is 11.7. The minimum atomic E-state index is -0.000556. The molecule has 2 rings (SSSR count). The lowest BCUT2D eigenvalue weighted by molar-refractivity contribution is -0.154. The fraction of sp³-hybridized carbons (Fsp3) is 0.909. The van der Waals surface area contributed by atoms with Crippen molar-refractivity contribution in [3.63, 3.8) is 0 Å². The van der Waals surface area contributed by atoms with Crippen molar-refractivity contribution in [1.29, 1.82) is 0 Å². The number of hydrogen-bond acceptors (Lipinski definition) is 3. The predicted molar refractivity (Wildman–Crippen MR) is 53.5 cm³/mol. The number of nitrogens with two attached hydrogens (primary N) is 1. The third kappa shape index (κ3) is 1.65. The van der Waals surface area contributed by atoms with E-state index >= 15 is 0 Å². The largest absolute Gasteiger partial charge is 0.463 e. The first kappa shape index (κ1) is 9.97. The van der Waals surface area contributed by atoms with Gasteiger partial charge in [0.1, 0.15) is 0 Å². The normalized spacial score (nSPS) is 40.6. The summed E-state index contributed by atoms with van der Waals surface area (Å²) in [5.41, 5.74) is 5.93. The highest BCUT2D eigenvalue weighted by atomic mass is 16.5. The summed E-state index contributed by atoms with van der Waals surface area (Å²) in [5.74, 6) is 1.22. The molecular weight excluding hydrogens is 178 g/mol. The Hall–Kier alpha value is -0.570. The molecule has 0 heterocycles. The lowest BCUT2D eigenvalue weighted by atomic mass is 9.86. The SMILES string of the molecule is CC(C)OC(=O)C1CC2CC1CC2N. The van der Waals surface area contributed by atoms with E-state index in [4.69, 9.17) is 10.5 Å². The lowest BCUT2D eigenvalue weighted by Crippen LogP contribution is -2.33. The molecule has 80 valence electrons. The number of carbonyl (C=O) groups excluding carboxylic acids is 1. The van der Waals surface area contributed by atoms with Gasteiger partial charge in [-0.15, -0.1) is 0 Å². The van der Waals surface area contributed by atoms with Gasteiger partial charge in [-0.2, -0.15) is 0 Å². The molecule has 0 radical (unpaired) electrons. The first-order chi connectivity index (χ1) is 6.58. The Morgan fingerprint density at radius 1 is 1.29 bits per heavy atom. The number of esters is 1. The van der Waals surface area contributed by atoms with E-state index in [0.29, 0.717) is 17.9 Å². The van der Waals surface area contributed by atoms with E-state index in [1.54, 1.807) is 0 Å². The third-order valence-electron chi connectivity index (χ3n) is 3.57. The maximum atomic E-state index is 11.7. The van der Waals surface area contributed by atoms with Crippen LogP contribution in [0.15, 0.2) is 0 Å². The van der Waals surface area contributed by atoms with Crippen LogP contribution in [-0.2, 0) is 9.53 Å². The van der Waals surface area contributed by atoms with Crippen LogP contribution < -0.4 is 5.73 Å². The molecule has 0 aromatic heterocycles. The van der Waals surface area contributed by atoms with Gasteiger partial charge in [-0.1, -0.05) is 0 Å². The predicted octanol–water partition coefficient (Wildman–Crippen LogP) is 1.31. The standard InChI is InChI=1S/C11H19NO2/c1-6(2)14-11(13)9-4-8-3-7(9)5-10(8)12/h6-10H,3-5,12H2,1-2H3. The second-order valence-corrected chi connectivity index (χ2v) is 4.98. The Kier molecular flexibility index (Phi) is 2.52. The van der Waals surface area contributed by atoms with Gasteiger partial charge >= 0.3 is 5.97 Å². The molecule has 4 unspecified atom stereocenters. The summed E-state index contributed by atoms with van der Waals surface area (Å²) >= 11 is 0. The second-order valence-electron chi connectivity index (χ2n) is 4.98. The highest BCUT2D eigenvalue weighted by molar-refractivity contribution is 5.73. The van der Waals surface area contributed by atoms with Gasteiger partial charge in [-0.3, -0.25) is 4.79 Å². The minimum Gasteiger partial charge on any atom is -0.463 e. The van der Waals surface area contributed by atoms with Crippen molar-refractivity contribution >= 4 is 5.97 Å². The maximum absolute atomic E-state index is 11.7. The zero-order valence-electron chi connectivity index (χ0n) is 8.90. The summed E-state index contributed by atoms with van der Waals surface area (Å²) in [6.45, 7) is 3.80. The lowest BCUT2D eigenvalue weighted by Gasteiger charge is -2.24. The molecule has 3 heteroatoms. The van der Waals surface area contributed by atoms with Gasteiger partial charge in [-0.05, 0) is 44.9 Å². The van der Waals surface area contributed by atoms with Crippen molar-refractivity contribution in [3.8, 4) is 0 Å². The summed E-state index contributed by atoms with van der Waals surface area (Å²) in [6, 6.07) is 0.336. The highest BCUT2D eigenvalue weighted by Gasteiger charge is 2.47. The second kappa shape index (κ2) is 3.54. The van der Waals surface area contributed by atoms with Crippen molar-refractivity contribution in [1.82, 2.24) is 0 Å². The van der Waals surface area contributed by atoms with Crippen molar-refractivity contribution < 1.29 is 9.53 Å². The van der Waals surface area contributed by atoms with E-state index in [9.17, 15) is 4.79 Å². The molecule has 2 aliphatic rings. The summed E-state index contributed by atoms with van der Waals surface area (Å²) in [6.07, 6.45) is 3.12. The van der Waals surface area contributed by atoms with E-state index in [1.807, 2.05) is 13.8 Å². The van der Waals surface area contributed by atoms with E-state index in [-0.39, 0.29) is 18.0 Å². The number of hydrogen-bond donors (Lipinski definition) is 1. The summed E-state index contributed by atoms with van der Waals surface area (Å²) in [5, 5.41) is 0. The van der Waals surface area contributed by atoms with Gasteiger partial charge in [0.05, 0.1) is 12.0 Å². The van der Waals surface area contributed by atoms with Crippen LogP contribution in [0.2, 0.25) is 0 Å². The molecule has 2 saturated carbocycles. The van der Waals surface area contributed by atoms with E-state index in [0.717, 1.165) is 19.3 Å². The van der Waals surface area contributed by atoms with Crippen LogP contribution in [0.3, 0.4) is 0 Å². The van der Waals surface area contributed by atoms with Crippen LogP contribution >= 0.6 is 0 Å². The van der Waals surface area contributed by atoms with E-state index in [1.165, 1.54) is 0 Å². The molecule has 2 bridgehead atoms. The quantitative estimate of drug-likeness (QED) is 0.679. The Bertz CT molecular complexity index is 237. The van der Waals surface area contributed by atoms with E-state index < -0.39 is 0 Å². The Labute approximate surface area is 85.0 Å². The fourth-order valence-electron chi connectivity index (χ4n) is 2.93. The molecule has 0 aliphatic heterocycles. The van der Waals surface area contributed by atoms with Gasteiger partial charge in [-0.25, -0.2) is 0 Å². The monoisotopic (exact) mass is 197 g/mol. The molecule has 0 saturated heterocycles. The fourth-order valence-corrected chi connectivity index (χ4v) is 2.93. The molecule has 2 fully saturated rings. The molecule has 2 aliphatic carbocycles. The van der Waals surface area contributed by atoms with Gasteiger partial charge in [0.15, 0.2) is 0 Å². The van der Waals surface area contributed by atoms with Gasteiger partial charge < -0.3 is 10.5 Å². The summed E-state index contributed by atoms with van der Waals surface area (Å²) in [7, 11) is 0. The van der Waals surface area contributed by atoms with Crippen molar-refractivity contribution in [2.45, 2.75) is 45.3 Å². The molecular formula is C11H19NO2. The smallest absolute Gasteiger partial charge is 0.309 e. The van der Waals surface area contributed by atoms with Crippen molar-refractivity contribution in [3.05, 3.63) is 0 Å². The number of rotatable bonds is 2. The molecule has 0 aromatic rings. The number of ether oxygens (including phenoxy) is 1. The molecule has 0 aromatic carbocycles. The van der Waals surface area contributed by atoms with Crippen LogP contribution in [0.1, 0.15) is 33.1 Å². The van der Waals surface area contributed by atoms with Crippen LogP contribution in [0.4, 0.5) is 0 Å². The third-order valence-corrected chi connectivity index (χ3v) is 3.57. The minimum absolute atomic E-state index is 0.000556. The van der Waals surface area contributed by atoms with Gasteiger partial charge in [0, 0.05) is 6.04 Å². The topological polar surface area (TPSA) is 52.3 Å². The van der Waals surface area contributed by atoms with Crippen molar-refractivity contribution in [2.75, 3.05) is 0 Å². The van der Waals surface area contributed by atoms with Crippen LogP contribution in [-0.4, -0.2) is 18.1 Å². The summed E-state index contributed by atoms with van der Waals surface area (Å²) < 4.78 is 5.24. The number of carbonyl (C=O) groups is 1. The zero-order chi connectivity index (χ0) is 10.3. The van der Waals surface area contributed by atoms with Crippen molar-refractivity contribution in [2.24, 2.45) is 23.5 Å².